The van der Waals surface area contributed by atoms with Gasteiger partial charge >= 0.3 is 0 Å². The van der Waals surface area contributed by atoms with Gasteiger partial charge in [0.15, 0.2) is 0 Å². The predicted molar refractivity (Wildman–Crippen MR) is 309 cm³/mol. The summed E-state index contributed by atoms with van der Waals surface area (Å²) in [4.78, 5) is 10.2. The van der Waals surface area contributed by atoms with E-state index in [-0.39, 0.29) is 23.6 Å². The highest BCUT2D eigenvalue weighted by molar-refractivity contribution is 7.93. The Morgan fingerprint density at radius 1 is 0.573 bits per heavy atom. The van der Waals surface area contributed by atoms with Crippen molar-refractivity contribution >= 4 is 49.4 Å². The molecule has 2 saturated heterocycles. The number of allylic oxidation sites excluding steroid dienone is 2. The number of benzene rings is 6. The van der Waals surface area contributed by atoms with Crippen LogP contribution >= 0.6 is 0 Å². The summed E-state index contributed by atoms with van der Waals surface area (Å²) in [5.41, 5.74) is 14.4. The van der Waals surface area contributed by atoms with Gasteiger partial charge < -0.3 is 24.7 Å². The molecule has 4 fully saturated rings. The maximum Gasteiger partial charge on any atom is 0.235 e. The molecule has 3 N–H and O–H groups in total. The molecule has 10 nitrogen and oxygen atoms in total. The van der Waals surface area contributed by atoms with Gasteiger partial charge in [0.1, 0.15) is 5.75 Å². The number of ether oxygens (including phenoxy) is 1. The SMILES string of the molecule is CC(COCCC/C(=C(\c1ccc(O)cc1)c1ccc(N2CCN(C3CCC3)CC2)cc1)c1ccccc1)N1CCN(c2ccc(/C(=C(/CCCO)c3ccccc3)c3ccc(NS(=O)(=O)C4CC4)cc3)cc2)CC1. The second-order valence-corrected chi connectivity index (χ2v) is 22.9. The van der Waals surface area contributed by atoms with Gasteiger partial charge in [0.25, 0.3) is 0 Å². The number of aliphatic hydroxyl groups is 1. The molecular formula is C64H75N5O5S. The fourth-order valence-corrected chi connectivity index (χ4v) is 12.6. The van der Waals surface area contributed by atoms with Crippen molar-refractivity contribution in [1.29, 1.82) is 0 Å². The van der Waals surface area contributed by atoms with Gasteiger partial charge in [0.2, 0.25) is 10.0 Å². The number of hydrogen-bond acceptors (Lipinski definition) is 9. The van der Waals surface area contributed by atoms with Crippen LogP contribution in [0, 0.1) is 0 Å². The van der Waals surface area contributed by atoms with Crippen molar-refractivity contribution < 1.29 is 23.4 Å². The molecule has 6 aromatic rings. The number of aromatic hydroxyl groups is 1. The van der Waals surface area contributed by atoms with Gasteiger partial charge in [-0.1, -0.05) is 116 Å². The molecule has 1 unspecified atom stereocenters. The van der Waals surface area contributed by atoms with Crippen LogP contribution in [-0.2, 0) is 14.8 Å². The molecule has 6 aromatic carbocycles. The van der Waals surface area contributed by atoms with Crippen molar-refractivity contribution in [2.45, 2.75) is 82.0 Å². The van der Waals surface area contributed by atoms with Crippen molar-refractivity contribution in [3.8, 4) is 5.75 Å². The third-order valence-corrected chi connectivity index (χ3v) is 17.8. The first kappa shape index (κ1) is 52.2. The van der Waals surface area contributed by atoms with Crippen LogP contribution in [0.1, 0.15) is 98.1 Å². The smallest absolute Gasteiger partial charge is 0.235 e. The highest BCUT2D eigenvalue weighted by Crippen LogP contribution is 2.39. The largest absolute Gasteiger partial charge is 0.508 e. The minimum Gasteiger partial charge on any atom is -0.508 e. The number of phenolic OH excluding ortho intramolecular Hbond substituents is 1. The fourth-order valence-electron chi connectivity index (χ4n) is 11.3. The molecule has 2 aliphatic carbocycles. The second kappa shape index (κ2) is 24.6. The number of anilines is 3. The molecule has 11 heteroatoms. The Bertz CT molecular complexity index is 2940. The first-order valence-corrected chi connectivity index (χ1v) is 29.1. The van der Waals surface area contributed by atoms with Gasteiger partial charge in [-0.15, -0.1) is 0 Å². The van der Waals surface area contributed by atoms with E-state index < -0.39 is 10.0 Å². The van der Waals surface area contributed by atoms with Crippen LogP contribution in [0.15, 0.2) is 158 Å². The Morgan fingerprint density at radius 2 is 1.04 bits per heavy atom. The number of aliphatic hydroxyl groups excluding tert-OH is 1. The predicted octanol–water partition coefficient (Wildman–Crippen LogP) is 11.7. The molecule has 4 aliphatic rings. The summed E-state index contributed by atoms with van der Waals surface area (Å²) >= 11 is 0. The van der Waals surface area contributed by atoms with Crippen molar-refractivity contribution in [2.75, 3.05) is 86.7 Å². The minimum atomic E-state index is -3.37. The summed E-state index contributed by atoms with van der Waals surface area (Å²) in [7, 11) is -3.37. The molecule has 1 atom stereocenters. The molecule has 2 saturated carbocycles. The lowest BCUT2D eigenvalue weighted by Crippen LogP contribution is -2.52. The first-order chi connectivity index (χ1) is 36.7. The van der Waals surface area contributed by atoms with Crippen LogP contribution in [-0.4, -0.2) is 118 Å². The van der Waals surface area contributed by atoms with E-state index in [1.54, 1.807) is 12.1 Å². The summed E-state index contributed by atoms with van der Waals surface area (Å²) in [6, 6.07) is 55.6. The Balaban J connectivity index is 0.773. The van der Waals surface area contributed by atoms with Gasteiger partial charge in [0.05, 0.1) is 11.9 Å². The average molecular weight is 1030 g/mol. The fraction of sp³-hybridized carbons (Fsp3) is 0.375. The summed E-state index contributed by atoms with van der Waals surface area (Å²) < 4.78 is 34.7. The molecule has 75 heavy (non-hydrogen) atoms. The molecule has 2 aliphatic heterocycles. The van der Waals surface area contributed by atoms with Gasteiger partial charge in [0, 0.05) is 94.7 Å². The van der Waals surface area contributed by atoms with Crippen molar-refractivity contribution in [3.63, 3.8) is 0 Å². The standard InChI is InChI=1S/C64H75N5O5S/c1-48(47-74-46-10-18-62(50-13-6-3-7-14-50)64(54-25-33-59(71)34-26-54)53-23-31-58(32-24-53)69-43-41-67(42-44-69)56-15-8-16-56)66-37-39-68(40-38-66)57-29-21-52(22-30-57)63(61(17-9-45-70)49-11-4-2-5-12-49)51-19-27-55(28-20-51)65-75(72,73)60-35-36-60/h2-7,11-14,19-34,48,56,60,65,70-71H,8-10,15-18,35-47H2,1H3/b63-61-,64-62+. The summed E-state index contributed by atoms with van der Waals surface area (Å²) in [5, 5.41) is 20.0. The van der Waals surface area contributed by atoms with E-state index in [2.05, 4.69) is 122 Å². The van der Waals surface area contributed by atoms with E-state index in [9.17, 15) is 18.6 Å². The minimum absolute atomic E-state index is 0.0900. The van der Waals surface area contributed by atoms with E-state index in [1.165, 1.54) is 52.9 Å². The number of nitrogens with one attached hydrogen (secondary N) is 1. The summed E-state index contributed by atoms with van der Waals surface area (Å²) in [6.07, 6.45) is 8.57. The van der Waals surface area contributed by atoms with Crippen molar-refractivity contribution in [1.82, 2.24) is 9.80 Å². The van der Waals surface area contributed by atoms with E-state index in [1.807, 2.05) is 54.6 Å². The monoisotopic (exact) mass is 1030 g/mol. The van der Waals surface area contributed by atoms with E-state index in [4.69, 9.17) is 4.74 Å². The maximum absolute atomic E-state index is 12.7. The molecule has 10 rings (SSSR count). The molecule has 0 aromatic heterocycles. The van der Waals surface area contributed by atoms with Crippen LogP contribution in [0.5, 0.6) is 5.75 Å². The molecule has 0 bridgehead atoms. The zero-order valence-corrected chi connectivity index (χ0v) is 44.5. The lowest BCUT2D eigenvalue weighted by atomic mass is 9.87. The molecular weight excluding hydrogens is 951 g/mol. The van der Waals surface area contributed by atoms with Crippen molar-refractivity contribution in [2.24, 2.45) is 0 Å². The lowest BCUT2D eigenvalue weighted by Gasteiger charge is -2.43. The number of rotatable bonds is 22. The Morgan fingerprint density at radius 3 is 1.51 bits per heavy atom. The Labute approximate surface area is 446 Å². The number of sulfonamides is 1. The van der Waals surface area contributed by atoms with Crippen LogP contribution in [0.4, 0.5) is 17.1 Å². The Hall–Kier alpha value is -6.21. The van der Waals surface area contributed by atoms with Crippen LogP contribution in [0.25, 0.3) is 22.3 Å². The molecule has 0 radical (unpaired) electrons. The quantitative estimate of drug-likeness (QED) is 0.0452. The number of phenols is 1. The summed E-state index contributed by atoms with van der Waals surface area (Å²) in [6.45, 7) is 11.8. The first-order valence-electron chi connectivity index (χ1n) is 27.6. The lowest BCUT2D eigenvalue weighted by molar-refractivity contribution is 0.0630. The number of hydrogen-bond donors (Lipinski definition) is 3. The molecule has 392 valence electrons. The van der Waals surface area contributed by atoms with Crippen LogP contribution in [0.3, 0.4) is 0 Å². The van der Waals surface area contributed by atoms with Crippen molar-refractivity contribution in [3.05, 3.63) is 191 Å². The van der Waals surface area contributed by atoms with E-state index >= 15 is 0 Å². The normalized spacial score (nSPS) is 18.0. The highest BCUT2D eigenvalue weighted by Gasteiger charge is 2.36. The number of piperazine rings is 2. The zero-order chi connectivity index (χ0) is 51.6. The topological polar surface area (TPSA) is 109 Å². The number of nitrogens with zero attached hydrogens (tertiary/aromatic N) is 4. The van der Waals surface area contributed by atoms with E-state index in [0.29, 0.717) is 44.6 Å². The van der Waals surface area contributed by atoms with Gasteiger partial charge in [-0.2, -0.15) is 0 Å². The second-order valence-electron chi connectivity index (χ2n) is 21.0. The highest BCUT2D eigenvalue weighted by atomic mass is 32.2. The average Bonchev–Trinajstić information content (AvgIpc) is 4.30. The van der Waals surface area contributed by atoms with Gasteiger partial charge in [-0.25, -0.2) is 8.42 Å². The molecule has 0 amide bonds. The van der Waals surface area contributed by atoms with Crippen LogP contribution < -0.4 is 14.5 Å². The maximum atomic E-state index is 12.7. The van der Waals surface area contributed by atoms with Crippen LogP contribution in [0.2, 0.25) is 0 Å². The Kier molecular flexibility index (Phi) is 17.2. The zero-order valence-electron chi connectivity index (χ0n) is 43.7. The third-order valence-electron chi connectivity index (χ3n) is 15.9. The van der Waals surface area contributed by atoms with E-state index in [0.717, 1.165) is 105 Å². The molecule has 0 spiro atoms. The van der Waals surface area contributed by atoms with Gasteiger partial charge in [-0.05, 0) is 162 Å². The summed E-state index contributed by atoms with van der Waals surface area (Å²) in [5.74, 6) is 0.264. The molecule has 2 heterocycles. The van der Waals surface area contributed by atoms with Gasteiger partial charge in [-0.3, -0.25) is 14.5 Å². The third kappa shape index (κ3) is 13.1.